The predicted octanol–water partition coefficient (Wildman–Crippen LogP) is 1.58. The average molecular weight is 205 g/mol. The van der Waals surface area contributed by atoms with Gasteiger partial charge in [0.25, 0.3) is 0 Å². The highest BCUT2D eigenvalue weighted by Crippen LogP contribution is 2.28. The third-order valence-corrected chi connectivity index (χ3v) is 2.20. The van der Waals surface area contributed by atoms with Crippen molar-refractivity contribution in [3.63, 3.8) is 0 Å². The van der Waals surface area contributed by atoms with Crippen LogP contribution >= 0.6 is 0 Å². The van der Waals surface area contributed by atoms with Crippen molar-refractivity contribution in [3.05, 3.63) is 30.0 Å². The van der Waals surface area contributed by atoms with Crippen molar-refractivity contribution in [2.24, 2.45) is 5.73 Å². The van der Waals surface area contributed by atoms with Gasteiger partial charge >= 0.3 is 0 Å². The van der Waals surface area contributed by atoms with Gasteiger partial charge in [-0.15, -0.1) is 0 Å². The number of methoxy groups -OCH3 is 1. The molecule has 0 unspecified atom stereocenters. The molecule has 0 spiro atoms. The van der Waals surface area contributed by atoms with E-state index in [9.17, 15) is 4.79 Å². The van der Waals surface area contributed by atoms with Crippen molar-refractivity contribution < 1.29 is 13.9 Å². The third kappa shape index (κ3) is 1.59. The Bertz CT molecular complexity index is 502. The van der Waals surface area contributed by atoms with Crippen LogP contribution in [0, 0.1) is 0 Å². The van der Waals surface area contributed by atoms with Crippen molar-refractivity contribution in [1.82, 2.24) is 0 Å². The summed E-state index contributed by atoms with van der Waals surface area (Å²) < 4.78 is 10.5. The van der Waals surface area contributed by atoms with E-state index in [1.54, 1.807) is 25.3 Å². The highest BCUT2D eigenvalue weighted by atomic mass is 16.5. The number of carbonyl (C=O) groups is 1. The van der Waals surface area contributed by atoms with Crippen LogP contribution in [-0.4, -0.2) is 19.4 Å². The van der Waals surface area contributed by atoms with Crippen LogP contribution in [0.3, 0.4) is 0 Å². The highest BCUT2D eigenvalue weighted by molar-refractivity contribution is 5.99. The first-order valence-electron chi connectivity index (χ1n) is 4.56. The second kappa shape index (κ2) is 3.74. The van der Waals surface area contributed by atoms with Gasteiger partial charge in [0.1, 0.15) is 11.3 Å². The van der Waals surface area contributed by atoms with E-state index in [0.29, 0.717) is 11.3 Å². The summed E-state index contributed by atoms with van der Waals surface area (Å²) in [5.41, 5.74) is 5.89. The molecule has 1 aromatic carbocycles. The Morgan fingerprint density at radius 3 is 3.00 bits per heavy atom. The van der Waals surface area contributed by atoms with Crippen LogP contribution < -0.4 is 10.5 Å². The molecule has 78 valence electrons. The van der Waals surface area contributed by atoms with E-state index in [0.717, 1.165) is 5.39 Å². The second-order valence-electron chi connectivity index (χ2n) is 3.11. The summed E-state index contributed by atoms with van der Waals surface area (Å²) in [5, 5.41) is 0.789. The van der Waals surface area contributed by atoms with Crippen LogP contribution in [0.5, 0.6) is 5.75 Å². The highest BCUT2D eigenvalue weighted by Gasteiger charge is 2.12. The Balaban J connectivity index is 2.60. The van der Waals surface area contributed by atoms with E-state index in [-0.39, 0.29) is 18.1 Å². The number of rotatable bonds is 3. The van der Waals surface area contributed by atoms with E-state index in [1.807, 2.05) is 6.07 Å². The maximum Gasteiger partial charge on any atom is 0.211 e. The van der Waals surface area contributed by atoms with E-state index >= 15 is 0 Å². The minimum Gasteiger partial charge on any atom is -0.496 e. The number of benzene rings is 1. The standard InChI is InChI=1S/C11H11NO3/c1-14-9-3-2-4-10-7(9)5-11(15-10)8(13)6-12/h2-5H,6,12H2,1H3. The molecule has 0 aliphatic heterocycles. The topological polar surface area (TPSA) is 65.5 Å². The molecule has 4 heteroatoms. The fourth-order valence-electron chi connectivity index (χ4n) is 1.45. The minimum absolute atomic E-state index is 0.0534. The number of ether oxygens (including phenoxy) is 1. The van der Waals surface area contributed by atoms with Gasteiger partial charge in [0.2, 0.25) is 5.78 Å². The second-order valence-corrected chi connectivity index (χ2v) is 3.11. The Hall–Kier alpha value is -1.81. The van der Waals surface area contributed by atoms with Gasteiger partial charge in [-0.1, -0.05) is 6.07 Å². The van der Waals surface area contributed by atoms with Crippen LogP contribution in [0.15, 0.2) is 28.7 Å². The molecule has 4 nitrogen and oxygen atoms in total. The predicted molar refractivity (Wildman–Crippen MR) is 56.2 cm³/mol. The summed E-state index contributed by atoms with van der Waals surface area (Å²) in [7, 11) is 1.58. The van der Waals surface area contributed by atoms with Crippen LogP contribution in [-0.2, 0) is 0 Å². The van der Waals surface area contributed by atoms with Crippen molar-refractivity contribution in [2.45, 2.75) is 0 Å². The van der Waals surface area contributed by atoms with Gasteiger partial charge in [-0.3, -0.25) is 4.79 Å². The average Bonchev–Trinajstić information content (AvgIpc) is 2.71. The lowest BCUT2D eigenvalue weighted by Crippen LogP contribution is -2.12. The molecule has 0 saturated carbocycles. The SMILES string of the molecule is COc1cccc2oc(C(=O)CN)cc12. The largest absolute Gasteiger partial charge is 0.496 e. The van der Waals surface area contributed by atoms with Gasteiger partial charge in [0.05, 0.1) is 19.0 Å². The molecule has 0 atom stereocenters. The smallest absolute Gasteiger partial charge is 0.211 e. The van der Waals surface area contributed by atoms with E-state index in [1.165, 1.54) is 0 Å². The molecule has 0 fully saturated rings. The number of fused-ring (bicyclic) bond motifs is 1. The molecule has 0 saturated heterocycles. The molecule has 0 aliphatic carbocycles. The maximum atomic E-state index is 11.3. The van der Waals surface area contributed by atoms with Crippen LogP contribution in [0.4, 0.5) is 0 Å². The zero-order chi connectivity index (χ0) is 10.8. The zero-order valence-corrected chi connectivity index (χ0v) is 8.32. The molecule has 1 heterocycles. The number of ketones is 1. The first-order chi connectivity index (χ1) is 7.26. The number of Topliss-reactive ketones (excluding diaryl/α,β-unsaturated/α-hetero) is 1. The maximum absolute atomic E-state index is 11.3. The van der Waals surface area contributed by atoms with Gasteiger partial charge in [0.15, 0.2) is 5.76 Å². The molecule has 0 bridgehead atoms. The van der Waals surface area contributed by atoms with E-state index < -0.39 is 0 Å². The molecular weight excluding hydrogens is 194 g/mol. The van der Waals surface area contributed by atoms with Gasteiger partial charge < -0.3 is 14.9 Å². The van der Waals surface area contributed by atoms with Crippen LogP contribution in [0.2, 0.25) is 0 Å². The molecular formula is C11H11NO3. The van der Waals surface area contributed by atoms with Gasteiger partial charge in [-0.05, 0) is 18.2 Å². The molecule has 15 heavy (non-hydrogen) atoms. The molecule has 0 amide bonds. The summed E-state index contributed by atoms with van der Waals surface area (Å²) in [6, 6.07) is 7.06. The monoisotopic (exact) mass is 205 g/mol. The molecule has 0 aliphatic rings. The molecule has 2 N–H and O–H groups in total. The summed E-state index contributed by atoms with van der Waals surface area (Å²) in [6.45, 7) is -0.0534. The molecule has 1 aromatic heterocycles. The third-order valence-electron chi connectivity index (χ3n) is 2.20. The molecule has 2 rings (SSSR count). The fraction of sp³-hybridized carbons (Fsp3) is 0.182. The van der Waals surface area contributed by atoms with Gasteiger partial charge in [-0.2, -0.15) is 0 Å². The Kier molecular flexibility index (Phi) is 2.43. The number of carbonyl (C=O) groups excluding carboxylic acids is 1. The van der Waals surface area contributed by atoms with Crippen molar-refractivity contribution >= 4 is 16.8 Å². The first-order valence-corrected chi connectivity index (χ1v) is 4.56. The number of furan rings is 1. The number of hydrogen-bond acceptors (Lipinski definition) is 4. The lowest BCUT2D eigenvalue weighted by molar-refractivity contribution is 0.0977. The van der Waals surface area contributed by atoms with Crippen molar-refractivity contribution in [2.75, 3.05) is 13.7 Å². The minimum atomic E-state index is -0.215. The van der Waals surface area contributed by atoms with Crippen molar-refractivity contribution in [3.8, 4) is 5.75 Å². The quantitative estimate of drug-likeness (QED) is 0.772. The fourth-order valence-corrected chi connectivity index (χ4v) is 1.45. The zero-order valence-electron chi connectivity index (χ0n) is 8.32. The molecule has 2 aromatic rings. The van der Waals surface area contributed by atoms with Crippen molar-refractivity contribution in [1.29, 1.82) is 0 Å². The van der Waals surface area contributed by atoms with Gasteiger partial charge in [0, 0.05) is 0 Å². The van der Waals surface area contributed by atoms with Crippen LogP contribution in [0.25, 0.3) is 11.0 Å². The Morgan fingerprint density at radius 2 is 2.33 bits per heavy atom. The van der Waals surface area contributed by atoms with Gasteiger partial charge in [-0.25, -0.2) is 0 Å². The summed E-state index contributed by atoms with van der Waals surface area (Å²) >= 11 is 0. The van der Waals surface area contributed by atoms with Crippen LogP contribution in [0.1, 0.15) is 10.6 Å². The summed E-state index contributed by atoms with van der Waals surface area (Å²) in [4.78, 5) is 11.3. The van der Waals surface area contributed by atoms with E-state index in [4.69, 9.17) is 14.9 Å². The summed E-state index contributed by atoms with van der Waals surface area (Å²) in [5.74, 6) is 0.748. The lowest BCUT2D eigenvalue weighted by atomic mass is 10.2. The lowest BCUT2D eigenvalue weighted by Gasteiger charge is -1.98. The summed E-state index contributed by atoms with van der Waals surface area (Å²) in [6.07, 6.45) is 0. The Labute approximate surface area is 86.6 Å². The first kappa shape index (κ1) is 9.73. The van der Waals surface area contributed by atoms with E-state index in [2.05, 4.69) is 0 Å². The Morgan fingerprint density at radius 1 is 1.53 bits per heavy atom. The number of hydrogen-bond donors (Lipinski definition) is 1. The molecule has 0 radical (unpaired) electrons. The number of nitrogens with two attached hydrogens (primary N) is 1. The normalized spacial score (nSPS) is 10.5.